The molecule has 0 radical (unpaired) electrons. The van der Waals surface area contributed by atoms with Crippen LogP contribution in [0.4, 0.5) is 5.69 Å². The zero-order valence-corrected chi connectivity index (χ0v) is 13.3. The second kappa shape index (κ2) is 8.03. The Morgan fingerprint density at radius 3 is 2.45 bits per heavy atom. The monoisotopic (exact) mass is 310 g/mol. The van der Waals surface area contributed by atoms with Gasteiger partial charge in [-0.15, -0.1) is 0 Å². The van der Waals surface area contributed by atoms with E-state index in [4.69, 9.17) is 34.7 Å². The van der Waals surface area contributed by atoms with Gasteiger partial charge in [0.15, 0.2) is 0 Å². The lowest BCUT2D eigenvalue weighted by Crippen LogP contribution is -1.96. The number of hydrogen-bond donors (Lipinski definition) is 2. The van der Waals surface area contributed by atoms with E-state index >= 15 is 0 Å². The molecule has 1 aliphatic rings. The molecule has 0 bridgehead atoms. The summed E-state index contributed by atoms with van der Waals surface area (Å²) in [4.78, 5) is 0. The van der Waals surface area contributed by atoms with E-state index in [-0.39, 0.29) is 0 Å². The van der Waals surface area contributed by atoms with Crippen molar-refractivity contribution in [1.82, 2.24) is 0 Å². The number of nitrogens with two attached hydrogens (primary N) is 2. The molecule has 4 heteroatoms. The number of anilines is 1. The summed E-state index contributed by atoms with van der Waals surface area (Å²) in [6, 6.07) is 5.65. The maximum atomic E-state index is 6.07. The Hall–Kier alpha value is -1.38. The second-order valence-electron chi connectivity index (χ2n) is 4.20. The van der Waals surface area contributed by atoms with E-state index < -0.39 is 0 Å². The summed E-state index contributed by atoms with van der Waals surface area (Å²) in [5.74, 6) is 0. The van der Waals surface area contributed by atoms with E-state index in [1.165, 1.54) is 0 Å². The largest absolute Gasteiger partial charge is 0.398 e. The highest BCUT2D eigenvalue weighted by atomic mass is 35.5. The standard InChI is InChI=1S/C14H14Cl2N2.C2H6/c15-11-7-9(2-1-3-13(11)17)6-10-4-5-14(18)12(16)8-10;1-2/h2-5,7-8H,1,6,17-18H2;1-2H3. The smallest absolute Gasteiger partial charge is 0.0638 e. The fourth-order valence-corrected chi connectivity index (χ4v) is 2.20. The highest BCUT2D eigenvalue weighted by Crippen LogP contribution is 2.24. The molecule has 2 rings (SSSR count). The van der Waals surface area contributed by atoms with Crippen molar-refractivity contribution in [3.8, 4) is 0 Å². The van der Waals surface area contributed by atoms with E-state index in [1.807, 2.05) is 44.2 Å². The third-order valence-electron chi connectivity index (χ3n) is 2.78. The fourth-order valence-electron chi connectivity index (χ4n) is 1.78. The zero-order chi connectivity index (χ0) is 15.1. The quantitative estimate of drug-likeness (QED) is 0.772. The second-order valence-corrected chi connectivity index (χ2v) is 5.01. The number of benzene rings is 1. The Balaban J connectivity index is 0.000000956. The number of rotatable bonds is 2. The van der Waals surface area contributed by atoms with Gasteiger partial charge in [-0.05, 0) is 42.2 Å². The summed E-state index contributed by atoms with van der Waals surface area (Å²) in [6.07, 6.45) is 7.45. The molecule has 0 aromatic heterocycles. The summed E-state index contributed by atoms with van der Waals surface area (Å²) >= 11 is 12.1. The van der Waals surface area contributed by atoms with Gasteiger partial charge in [0.2, 0.25) is 0 Å². The van der Waals surface area contributed by atoms with Gasteiger partial charge >= 0.3 is 0 Å². The lowest BCUT2D eigenvalue weighted by molar-refractivity contribution is 1.17. The molecule has 2 nitrogen and oxygen atoms in total. The molecule has 20 heavy (non-hydrogen) atoms. The van der Waals surface area contributed by atoms with Crippen LogP contribution in [0, 0.1) is 0 Å². The molecule has 1 aromatic carbocycles. The van der Waals surface area contributed by atoms with Crippen molar-refractivity contribution in [2.75, 3.05) is 5.73 Å². The van der Waals surface area contributed by atoms with Crippen LogP contribution in [0.2, 0.25) is 5.02 Å². The summed E-state index contributed by atoms with van der Waals surface area (Å²) < 4.78 is 0. The maximum absolute atomic E-state index is 6.07. The first kappa shape index (κ1) is 16.7. The van der Waals surface area contributed by atoms with Gasteiger partial charge in [0.1, 0.15) is 0 Å². The van der Waals surface area contributed by atoms with Gasteiger partial charge in [-0.2, -0.15) is 0 Å². The van der Waals surface area contributed by atoms with Crippen molar-refractivity contribution < 1.29 is 0 Å². The van der Waals surface area contributed by atoms with Crippen molar-refractivity contribution in [2.45, 2.75) is 26.7 Å². The van der Waals surface area contributed by atoms with E-state index in [0.29, 0.717) is 21.4 Å². The Morgan fingerprint density at radius 1 is 1.10 bits per heavy atom. The van der Waals surface area contributed by atoms with Gasteiger partial charge in [0.05, 0.1) is 15.7 Å². The van der Waals surface area contributed by atoms with Gasteiger partial charge < -0.3 is 11.5 Å². The Kier molecular flexibility index (Phi) is 6.69. The molecule has 1 aliphatic carbocycles. The Labute approximate surface area is 130 Å². The fraction of sp³-hybridized carbons (Fsp3) is 0.250. The highest BCUT2D eigenvalue weighted by Gasteiger charge is 2.06. The molecule has 0 atom stereocenters. The van der Waals surface area contributed by atoms with Crippen LogP contribution in [0.3, 0.4) is 0 Å². The number of hydrogen-bond acceptors (Lipinski definition) is 2. The molecule has 4 N–H and O–H groups in total. The van der Waals surface area contributed by atoms with Crippen LogP contribution in [0.25, 0.3) is 0 Å². The van der Waals surface area contributed by atoms with Crippen LogP contribution in [-0.4, -0.2) is 0 Å². The molecular weight excluding hydrogens is 291 g/mol. The third kappa shape index (κ3) is 4.62. The lowest BCUT2D eigenvalue weighted by atomic mass is 10.0. The first-order valence-electron chi connectivity index (χ1n) is 6.62. The highest BCUT2D eigenvalue weighted by molar-refractivity contribution is 6.33. The van der Waals surface area contributed by atoms with E-state index in [0.717, 1.165) is 24.0 Å². The normalized spacial score (nSPS) is 14.3. The predicted molar refractivity (Wildman–Crippen MR) is 89.8 cm³/mol. The minimum atomic E-state index is 0.578. The minimum absolute atomic E-state index is 0.578. The number of nitrogen functional groups attached to an aromatic ring is 1. The lowest BCUT2D eigenvalue weighted by Gasteiger charge is -2.05. The summed E-state index contributed by atoms with van der Waals surface area (Å²) in [5, 5.41) is 1.16. The Bertz CT molecular complexity index is 558. The molecular formula is C16H20Cl2N2. The molecule has 0 amide bonds. The number of halogens is 2. The average Bonchev–Trinajstić information content (AvgIpc) is 2.59. The van der Waals surface area contributed by atoms with Crippen molar-refractivity contribution in [3.05, 3.63) is 63.3 Å². The van der Waals surface area contributed by atoms with Gasteiger partial charge in [0, 0.05) is 5.70 Å². The molecule has 0 fully saturated rings. The summed E-state index contributed by atoms with van der Waals surface area (Å²) in [5.41, 5.74) is 14.9. The van der Waals surface area contributed by atoms with Gasteiger partial charge in [-0.3, -0.25) is 0 Å². The topological polar surface area (TPSA) is 52.0 Å². The van der Waals surface area contributed by atoms with Crippen LogP contribution >= 0.6 is 23.2 Å². The first-order chi connectivity index (χ1) is 9.56. The maximum Gasteiger partial charge on any atom is 0.0638 e. The van der Waals surface area contributed by atoms with Crippen LogP contribution in [0.1, 0.15) is 25.8 Å². The molecule has 0 saturated heterocycles. The molecule has 0 spiro atoms. The molecule has 1 aromatic rings. The minimum Gasteiger partial charge on any atom is -0.398 e. The van der Waals surface area contributed by atoms with Crippen LogP contribution in [-0.2, 0) is 6.42 Å². The van der Waals surface area contributed by atoms with Crippen LogP contribution < -0.4 is 11.5 Å². The molecule has 0 saturated carbocycles. The average molecular weight is 311 g/mol. The van der Waals surface area contributed by atoms with E-state index in [2.05, 4.69) is 6.08 Å². The van der Waals surface area contributed by atoms with Gasteiger partial charge in [-0.25, -0.2) is 0 Å². The zero-order valence-electron chi connectivity index (χ0n) is 11.8. The number of allylic oxidation sites excluding steroid dienone is 5. The van der Waals surface area contributed by atoms with E-state index in [9.17, 15) is 0 Å². The Morgan fingerprint density at radius 2 is 1.80 bits per heavy atom. The van der Waals surface area contributed by atoms with Gasteiger partial charge in [-0.1, -0.05) is 55.3 Å². The van der Waals surface area contributed by atoms with Gasteiger partial charge in [0.25, 0.3) is 0 Å². The van der Waals surface area contributed by atoms with Crippen molar-refractivity contribution in [3.63, 3.8) is 0 Å². The molecule has 0 aliphatic heterocycles. The van der Waals surface area contributed by atoms with Crippen molar-refractivity contribution in [2.24, 2.45) is 5.73 Å². The third-order valence-corrected chi connectivity index (χ3v) is 3.43. The SMILES string of the molecule is CC.NC1=CCC=C(Cc2ccc(N)c(Cl)c2)C=C1Cl. The van der Waals surface area contributed by atoms with Crippen LogP contribution in [0.5, 0.6) is 0 Å². The summed E-state index contributed by atoms with van der Waals surface area (Å²) in [7, 11) is 0. The van der Waals surface area contributed by atoms with Crippen molar-refractivity contribution >= 4 is 28.9 Å². The molecule has 108 valence electrons. The predicted octanol–water partition coefficient (Wildman–Crippen LogP) is 4.79. The summed E-state index contributed by atoms with van der Waals surface area (Å²) in [6.45, 7) is 4.00. The van der Waals surface area contributed by atoms with Crippen molar-refractivity contribution in [1.29, 1.82) is 0 Å². The first-order valence-corrected chi connectivity index (χ1v) is 7.38. The molecule has 0 unspecified atom stereocenters. The molecule has 0 heterocycles. The van der Waals surface area contributed by atoms with Crippen LogP contribution in [0.15, 0.2) is 52.7 Å². The van der Waals surface area contributed by atoms with E-state index in [1.54, 1.807) is 0 Å².